The largest absolute Gasteiger partial charge is 0.478 e. The molecule has 0 bridgehead atoms. The van der Waals surface area contributed by atoms with E-state index in [2.05, 4.69) is 0 Å². The molecule has 0 unspecified atom stereocenters. The van der Waals surface area contributed by atoms with Crippen molar-refractivity contribution in [1.82, 2.24) is 0 Å². The standard InChI is InChI=1S/C4H5ClO2.Ag/c1-3(5)2-4(6)7;/h2H,1H3,(H,6,7);/b3-2-;. The van der Waals surface area contributed by atoms with E-state index >= 15 is 0 Å². The summed E-state index contributed by atoms with van der Waals surface area (Å²) in [7, 11) is 0. The van der Waals surface area contributed by atoms with Crippen molar-refractivity contribution in [1.29, 1.82) is 0 Å². The van der Waals surface area contributed by atoms with Crippen LogP contribution in [0.2, 0.25) is 0 Å². The third-order valence-electron chi connectivity index (χ3n) is 0.322. The summed E-state index contributed by atoms with van der Waals surface area (Å²) in [5, 5.41) is 8.21. The van der Waals surface area contributed by atoms with E-state index in [9.17, 15) is 4.79 Å². The fourth-order valence-corrected chi connectivity index (χ4v) is 0.263. The normalized spacial score (nSPS) is 10.0. The van der Waals surface area contributed by atoms with E-state index in [0.717, 1.165) is 6.08 Å². The van der Waals surface area contributed by atoms with Crippen LogP contribution in [0, 0.1) is 0 Å². The number of hydrogen-bond acceptors (Lipinski definition) is 1. The second kappa shape index (κ2) is 5.38. The fraction of sp³-hybridized carbons (Fsp3) is 0.250. The van der Waals surface area contributed by atoms with Gasteiger partial charge in [-0.3, -0.25) is 0 Å². The molecule has 0 aliphatic carbocycles. The average Bonchev–Trinajstić information content (AvgIpc) is 1.27. The third kappa shape index (κ3) is 9.53. The predicted molar refractivity (Wildman–Crippen MR) is 27.2 cm³/mol. The molecule has 0 aromatic rings. The summed E-state index contributed by atoms with van der Waals surface area (Å²) in [6.07, 6.45) is 0.932. The van der Waals surface area contributed by atoms with Crippen LogP contribution in [0.25, 0.3) is 0 Å². The molecule has 1 N–H and O–H groups in total. The Balaban J connectivity index is 0. The molecule has 0 atom stereocenters. The number of halogens is 1. The van der Waals surface area contributed by atoms with Crippen LogP contribution in [0.5, 0.6) is 0 Å². The van der Waals surface area contributed by atoms with E-state index in [1.54, 1.807) is 0 Å². The van der Waals surface area contributed by atoms with Crippen LogP contribution in [0.3, 0.4) is 0 Å². The number of carbonyl (C=O) groups is 1. The molecule has 51 valence electrons. The molecule has 0 saturated carbocycles. The topological polar surface area (TPSA) is 37.3 Å². The van der Waals surface area contributed by atoms with Crippen molar-refractivity contribution in [3.05, 3.63) is 11.1 Å². The predicted octanol–water partition coefficient (Wildman–Crippen LogP) is 1.21. The van der Waals surface area contributed by atoms with Gasteiger partial charge in [0.15, 0.2) is 0 Å². The molecule has 0 aliphatic heterocycles. The Morgan fingerprint density at radius 3 is 2.12 bits per heavy atom. The molecule has 0 spiro atoms. The Bertz CT molecular complexity index is 107. The number of aliphatic carboxylic acids is 1. The second-order valence-corrected chi connectivity index (χ2v) is 1.67. The van der Waals surface area contributed by atoms with Crippen molar-refractivity contribution < 1.29 is 32.3 Å². The summed E-state index contributed by atoms with van der Waals surface area (Å²) < 4.78 is 0. The van der Waals surface area contributed by atoms with Gasteiger partial charge in [0.2, 0.25) is 0 Å². The van der Waals surface area contributed by atoms with E-state index in [0.29, 0.717) is 0 Å². The van der Waals surface area contributed by atoms with Gasteiger partial charge in [0, 0.05) is 33.5 Å². The van der Waals surface area contributed by atoms with Crippen molar-refractivity contribution in [3.8, 4) is 0 Å². The van der Waals surface area contributed by atoms with Crippen molar-refractivity contribution >= 4 is 17.6 Å². The van der Waals surface area contributed by atoms with E-state index in [-0.39, 0.29) is 27.4 Å². The van der Waals surface area contributed by atoms with Gasteiger partial charge in [-0.05, 0) is 6.92 Å². The van der Waals surface area contributed by atoms with Gasteiger partial charge in [-0.15, -0.1) is 0 Å². The maximum absolute atomic E-state index is 9.65. The molecule has 0 amide bonds. The molecular weight excluding hydrogens is 223 g/mol. The number of rotatable bonds is 1. The van der Waals surface area contributed by atoms with E-state index in [1.807, 2.05) is 0 Å². The zero-order valence-corrected chi connectivity index (χ0v) is 6.35. The molecule has 4 heteroatoms. The summed E-state index contributed by atoms with van der Waals surface area (Å²) in [4.78, 5) is 9.65. The first-order valence-electron chi connectivity index (χ1n) is 1.69. The van der Waals surface area contributed by atoms with Crippen LogP contribution in [0.4, 0.5) is 0 Å². The zero-order chi connectivity index (χ0) is 5.86. The van der Waals surface area contributed by atoms with Gasteiger partial charge in [0.25, 0.3) is 0 Å². The van der Waals surface area contributed by atoms with Crippen LogP contribution in [-0.2, 0) is 27.2 Å². The molecule has 0 fully saturated rings. The summed E-state index contributed by atoms with van der Waals surface area (Å²) >= 11 is 5.15. The molecule has 0 aromatic carbocycles. The maximum Gasteiger partial charge on any atom is 0.329 e. The van der Waals surface area contributed by atoms with Crippen molar-refractivity contribution in [2.24, 2.45) is 0 Å². The van der Waals surface area contributed by atoms with Gasteiger partial charge in [0.1, 0.15) is 0 Å². The first kappa shape index (κ1) is 11.1. The fourth-order valence-electron chi connectivity index (χ4n) is 0.170. The Kier molecular flexibility index (Phi) is 7.46. The van der Waals surface area contributed by atoms with Gasteiger partial charge >= 0.3 is 5.97 Å². The molecular formula is C4H5AgClO2. The first-order valence-corrected chi connectivity index (χ1v) is 2.07. The van der Waals surface area contributed by atoms with Crippen LogP contribution in [-0.4, -0.2) is 11.1 Å². The van der Waals surface area contributed by atoms with E-state index < -0.39 is 5.97 Å². The monoisotopic (exact) mass is 227 g/mol. The van der Waals surface area contributed by atoms with E-state index in [1.165, 1.54) is 6.92 Å². The molecule has 2 nitrogen and oxygen atoms in total. The number of carboxylic acids is 1. The quantitative estimate of drug-likeness (QED) is 0.541. The summed E-state index contributed by atoms with van der Waals surface area (Å²) in [5.74, 6) is -1.01. The Morgan fingerprint density at radius 1 is 1.75 bits per heavy atom. The number of carboxylic acid groups (broad SMARTS) is 1. The molecule has 0 saturated heterocycles. The third-order valence-corrected chi connectivity index (χ3v) is 0.431. The van der Waals surface area contributed by atoms with Gasteiger partial charge in [-0.1, -0.05) is 11.6 Å². The Morgan fingerprint density at radius 2 is 2.12 bits per heavy atom. The van der Waals surface area contributed by atoms with Gasteiger partial charge < -0.3 is 5.11 Å². The van der Waals surface area contributed by atoms with Crippen LogP contribution >= 0.6 is 11.6 Å². The van der Waals surface area contributed by atoms with Crippen LogP contribution in [0.15, 0.2) is 11.1 Å². The molecule has 0 aromatic heterocycles. The zero-order valence-electron chi connectivity index (χ0n) is 4.11. The molecule has 1 radical (unpaired) electrons. The molecule has 8 heavy (non-hydrogen) atoms. The van der Waals surface area contributed by atoms with Gasteiger partial charge in [-0.2, -0.15) is 0 Å². The van der Waals surface area contributed by atoms with Gasteiger partial charge in [0.05, 0.1) is 0 Å². The smallest absolute Gasteiger partial charge is 0.329 e. The van der Waals surface area contributed by atoms with Crippen molar-refractivity contribution in [2.75, 3.05) is 0 Å². The summed E-state index contributed by atoms with van der Waals surface area (Å²) in [6.45, 7) is 1.51. The Hall–Kier alpha value is 0.240. The summed E-state index contributed by atoms with van der Waals surface area (Å²) in [5.41, 5.74) is 0. The van der Waals surface area contributed by atoms with E-state index in [4.69, 9.17) is 16.7 Å². The number of hydrogen-bond donors (Lipinski definition) is 1. The summed E-state index contributed by atoms with van der Waals surface area (Å²) in [6, 6.07) is 0. The van der Waals surface area contributed by atoms with Crippen LogP contribution in [0.1, 0.15) is 6.92 Å². The van der Waals surface area contributed by atoms with Crippen molar-refractivity contribution in [3.63, 3.8) is 0 Å². The Labute approximate surface area is 68.0 Å². The minimum atomic E-state index is -1.01. The maximum atomic E-state index is 9.65. The second-order valence-electron chi connectivity index (χ2n) is 1.07. The SMILES string of the molecule is C/C(Cl)=C/C(=O)O.[Ag]. The molecule has 0 rings (SSSR count). The minimum absolute atomic E-state index is 0. The average molecular weight is 228 g/mol. The number of allylic oxidation sites excluding steroid dienone is 1. The first-order chi connectivity index (χ1) is 3.13. The minimum Gasteiger partial charge on any atom is -0.478 e. The molecule has 0 heterocycles. The van der Waals surface area contributed by atoms with Gasteiger partial charge in [-0.25, -0.2) is 4.79 Å². The van der Waals surface area contributed by atoms with Crippen LogP contribution < -0.4 is 0 Å². The van der Waals surface area contributed by atoms with Crippen molar-refractivity contribution in [2.45, 2.75) is 6.92 Å². The molecule has 0 aliphatic rings.